The standard InChI is InChI=1S/C22H25N3O4S2/c1-29-16-8-10-17(11-9-16)31(27,28)25-12-4-5-15(14-25)21(26)24-22-19(13-23)18-6-2-3-7-20(18)30-22/h8-11,15H,2-7,12,14H2,1H3,(H,24,26). The quantitative estimate of drug-likeness (QED) is 0.737. The van der Waals surface area contributed by atoms with E-state index in [4.69, 9.17) is 4.74 Å². The summed E-state index contributed by atoms with van der Waals surface area (Å²) in [5.74, 6) is -0.0843. The van der Waals surface area contributed by atoms with Crippen molar-refractivity contribution in [2.75, 3.05) is 25.5 Å². The molecule has 1 fully saturated rings. The highest BCUT2D eigenvalue weighted by atomic mass is 32.2. The van der Waals surface area contributed by atoms with E-state index in [2.05, 4.69) is 11.4 Å². The van der Waals surface area contributed by atoms with E-state index in [0.29, 0.717) is 35.7 Å². The van der Waals surface area contributed by atoms with Crippen molar-refractivity contribution in [3.05, 3.63) is 40.3 Å². The smallest absolute Gasteiger partial charge is 0.243 e. The van der Waals surface area contributed by atoms with E-state index in [9.17, 15) is 18.5 Å². The Bertz CT molecular complexity index is 1120. The predicted octanol–water partition coefficient (Wildman–Crippen LogP) is 3.55. The highest BCUT2D eigenvalue weighted by Crippen LogP contribution is 2.38. The Morgan fingerprint density at radius 3 is 2.68 bits per heavy atom. The van der Waals surface area contributed by atoms with Gasteiger partial charge >= 0.3 is 0 Å². The third kappa shape index (κ3) is 4.33. The maximum absolute atomic E-state index is 13.1. The van der Waals surface area contributed by atoms with E-state index in [-0.39, 0.29) is 17.3 Å². The number of nitriles is 1. The number of piperidine rings is 1. The fraction of sp³-hybridized carbons (Fsp3) is 0.455. The van der Waals surface area contributed by atoms with Crippen molar-refractivity contribution in [2.24, 2.45) is 5.92 Å². The van der Waals surface area contributed by atoms with Gasteiger partial charge in [-0.05, 0) is 68.4 Å². The van der Waals surface area contributed by atoms with E-state index in [0.717, 1.165) is 31.2 Å². The summed E-state index contributed by atoms with van der Waals surface area (Å²) in [4.78, 5) is 14.4. The van der Waals surface area contributed by atoms with Crippen LogP contribution in [0.1, 0.15) is 41.7 Å². The van der Waals surface area contributed by atoms with Crippen molar-refractivity contribution in [2.45, 2.75) is 43.4 Å². The van der Waals surface area contributed by atoms with Crippen LogP contribution in [0.5, 0.6) is 5.75 Å². The highest BCUT2D eigenvalue weighted by molar-refractivity contribution is 7.89. The fourth-order valence-corrected chi connectivity index (χ4v) is 7.02. The molecule has 0 spiro atoms. The van der Waals surface area contributed by atoms with Gasteiger partial charge in [0.15, 0.2) is 0 Å². The Balaban J connectivity index is 1.49. The van der Waals surface area contributed by atoms with E-state index in [1.807, 2.05) is 0 Å². The van der Waals surface area contributed by atoms with Crippen LogP contribution in [0.25, 0.3) is 0 Å². The van der Waals surface area contributed by atoms with Crippen molar-refractivity contribution in [3.63, 3.8) is 0 Å². The minimum atomic E-state index is -3.69. The second-order valence-corrected chi connectivity index (χ2v) is 10.9. The maximum Gasteiger partial charge on any atom is 0.243 e. The summed E-state index contributed by atoms with van der Waals surface area (Å²) < 4.78 is 32.6. The number of sulfonamides is 1. The maximum atomic E-state index is 13.1. The Labute approximate surface area is 186 Å². The molecule has 1 aliphatic carbocycles. The van der Waals surface area contributed by atoms with Gasteiger partial charge in [-0.15, -0.1) is 11.3 Å². The lowest BCUT2D eigenvalue weighted by Crippen LogP contribution is -2.43. The zero-order chi connectivity index (χ0) is 22.0. The number of thiophene rings is 1. The average Bonchev–Trinajstić information content (AvgIpc) is 3.16. The molecule has 2 aromatic rings. The average molecular weight is 460 g/mol. The second-order valence-electron chi connectivity index (χ2n) is 7.89. The molecule has 9 heteroatoms. The van der Waals surface area contributed by atoms with Gasteiger partial charge in [0, 0.05) is 18.0 Å². The first kappa shape index (κ1) is 21.8. The van der Waals surface area contributed by atoms with Crippen LogP contribution in [-0.4, -0.2) is 38.8 Å². The number of hydrogen-bond donors (Lipinski definition) is 1. The van der Waals surface area contributed by atoms with Crippen LogP contribution in [0.15, 0.2) is 29.2 Å². The van der Waals surface area contributed by atoms with Crippen LogP contribution in [0, 0.1) is 17.2 Å². The van der Waals surface area contributed by atoms with Crippen molar-refractivity contribution < 1.29 is 17.9 Å². The third-order valence-corrected chi connectivity index (χ3v) is 9.06. The normalized spacial score (nSPS) is 19.3. The molecule has 0 bridgehead atoms. The molecule has 1 atom stereocenters. The lowest BCUT2D eigenvalue weighted by Gasteiger charge is -2.31. The molecule has 1 amide bonds. The van der Waals surface area contributed by atoms with Crippen LogP contribution >= 0.6 is 11.3 Å². The summed E-state index contributed by atoms with van der Waals surface area (Å²) in [5, 5.41) is 13.1. The number of ether oxygens (including phenoxy) is 1. The summed E-state index contributed by atoms with van der Waals surface area (Å²) in [6.45, 7) is 0.516. The van der Waals surface area contributed by atoms with Gasteiger partial charge in [-0.25, -0.2) is 8.42 Å². The van der Waals surface area contributed by atoms with Gasteiger partial charge in [0.05, 0.1) is 23.5 Å². The molecule has 1 aromatic heterocycles. The number of fused-ring (bicyclic) bond motifs is 1. The van der Waals surface area contributed by atoms with Crippen LogP contribution in [-0.2, 0) is 27.7 Å². The van der Waals surface area contributed by atoms with Gasteiger partial charge in [0.1, 0.15) is 16.8 Å². The van der Waals surface area contributed by atoms with Crippen molar-refractivity contribution in [1.29, 1.82) is 5.26 Å². The number of methoxy groups -OCH3 is 1. The number of carbonyl (C=O) groups is 1. The first-order valence-corrected chi connectivity index (χ1v) is 12.7. The molecule has 0 saturated carbocycles. The van der Waals surface area contributed by atoms with Crippen LogP contribution < -0.4 is 10.1 Å². The topological polar surface area (TPSA) is 99.5 Å². The van der Waals surface area contributed by atoms with Crippen molar-refractivity contribution >= 4 is 32.3 Å². The molecule has 4 rings (SSSR count). The molecule has 164 valence electrons. The molecule has 2 heterocycles. The molecule has 0 radical (unpaired) electrons. The number of aryl methyl sites for hydroxylation is 1. The number of amides is 1. The number of benzene rings is 1. The monoisotopic (exact) mass is 459 g/mol. The lowest BCUT2D eigenvalue weighted by atomic mass is 9.96. The van der Waals surface area contributed by atoms with Crippen molar-refractivity contribution in [1.82, 2.24) is 4.31 Å². The molecule has 1 saturated heterocycles. The summed E-state index contributed by atoms with van der Waals surface area (Å²) in [6.07, 6.45) is 5.22. The number of nitrogens with zero attached hydrogens (tertiary/aromatic N) is 2. The van der Waals surface area contributed by atoms with Crippen LogP contribution in [0.4, 0.5) is 5.00 Å². The van der Waals surface area contributed by atoms with Gasteiger partial charge in [-0.3, -0.25) is 4.79 Å². The first-order chi connectivity index (χ1) is 14.9. The van der Waals surface area contributed by atoms with Gasteiger partial charge in [-0.2, -0.15) is 9.57 Å². The zero-order valence-electron chi connectivity index (χ0n) is 17.4. The van der Waals surface area contributed by atoms with Crippen LogP contribution in [0.2, 0.25) is 0 Å². The molecule has 1 N–H and O–H groups in total. The first-order valence-electron chi connectivity index (χ1n) is 10.4. The molecule has 1 unspecified atom stereocenters. The molecule has 31 heavy (non-hydrogen) atoms. The van der Waals surface area contributed by atoms with Gasteiger partial charge in [-0.1, -0.05) is 0 Å². The van der Waals surface area contributed by atoms with Gasteiger partial charge < -0.3 is 10.1 Å². The van der Waals surface area contributed by atoms with E-state index >= 15 is 0 Å². The Hall–Kier alpha value is -2.41. The third-order valence-electron chi connectivity index (χ3n) is 5.97. The number of nitrogens with one attached hydrogen (secondary N) is 1. The Morgan fingerprint density at radius 2 is 1.97 bits per heavy atom. The minimum absolute atomic E-state index is 0.132. The largest absolute Gasteiger partial charge is 0.497 e. The molecule has 7 nitrogen and oxygen atoms in total. The van der Waals surface area contributed by atoms with Crippen molar-refractivity contribution in [3.8, 4) is 11.8 Å². The number of hydrogen-bond acceptors (Lipinski definition) is 6. The zero-order valence-corrected chi connectivity index (χ0v) is 19.0. The summed E-state index contributed by atoms with van der Waals surface area (Å²) in [7, 11) is -2.17. The minimum Gasteiger partial charge on any atom is -0.497 e. The molecule has 2 aliphatic rings. The SMILES string of the molecule is COc1ccc(S(=O)(=O)N2CCCC(C(=O)Nc3sc4c(c3C#N)CCCC4)C2)cc1. The van der Waals surface area contributed by atoms with E-state index in [1.165, 1.54) is 39.8 Å². The van der Waals surface area contributed by atoms with Gasteiger partial charge in [0.25, 0.3) is 0 Å². The Kier molecular flexibility index (Phi) is 6.32. The molecule has 1 aromatic carbocycles. The second kappa shape index (κ2) is 8.99. The lowest BCUT2D eigenvalue weighted by molar-refractivity contribution is -0.120. The number of carbonyl (C=O) groups excluding carboxylic acids is 1. The summed E-state index contributed by atoms with van der Waals surface area (Å²) >= 11 is 1.49. The molecular formula is C22H25N3O4S2. The van der Waals surface area contributed by atoms with E-state index < -0.39 is 15.9 Å². The van der Waals surface area contributed by atoms with Crippen LogP contribution in [0.3, 0.4) is 0 Å². The number of anilines is 1. The summed E-state index contributed by atoms with van der Waals surface area (Å²) in [6, 6.07) is 8.53. The van der Waals surface area contributed by atoms with E-state index in [1.54, 1.807) is 12.1 Å². The molecular weight excluding hydrogens is 434 g/mol. The number of rotatable bonds is 5. The Morgan fingerprint density at radius 1 is 1.23 bits per heavy atom. The van der Waals surface area contributed by atoms with Gasteiger partial charge in [0.2, 0.25) is 15.9 Å². The highest BCUT2D eigenvalue weighted by Gasteiger charge is 2.34. The fourth-order valence-electron chi connectivity index (χ4n) is 4.26. The molecule has 1 aliphatic heterocycles. The summed E-state index contributed by atoms with van der Waals surface area (Å²) in [5.41, 5.74) is 1.65. The predicted molar refractivity (Wildman–Crippen MR) is 119 cm³/mol.